The van der Waals surface area contributed by atoms with E-state index in [1.807, 2.05) is 24.3 Å². The zero-order chi connectivity index (χ0) is 15.0. The number of aliphatic hydroxyl groups is 1. The number of hydrogen-bond donors (Lipinski definition) is 1. The predicted molar refractivity (Wildman–Crippen MR) is 85.7 cm³/mol. The minimum atomic E-state index is -0.788. The Bertz CT molecular complexity index is 727. The van der Waals surface area contributed by atoms with Gasteiger partial charge >= 0.3 is 0 Å². The van der Waals surface area contributed by atoms with Crippen molar-refractivity contribution in [3.05, 3.63) is 62.8 Å². The van der Waals surface area contributed by atoms with E-state index in [0.717, 1.165) is 15.6 Å². The zero-order valence-corrected chi connectivity index (χ0v) is 13.5. The lowest BCUT2D eigenvalue weighted by atomic mass is 10.1. The van der Waals surface area contributed by atoms with Crippen LogP contribution in [0, 0.1) is 0 Å². The van der Waals surface area contributed by atoms with Crippen LogP contribution in [0.25, 0.3) is 6.08 Å². The summed E-state index contributed by atoms with van der Waals surface area (Å²) >= 11 is 9.48. The number of para-hydroxylation sites is 1. The number of ether oxygens (including phenoxy) is 2. The van der Waals surface area contributed by atoms with Gasteiger partial charge in [0.1, 0.15) is 23.4 Å². The molecule has 1 aliphatic heterocycles. The number of aliphatic hydroxyl groups excluding tert-OH is 1. The summed E-state index contributed by atoms with van der Waals surface area (Å²) in [7, 11) is 1.58. The van der Waals surface area contributed by atoms with Gasteiger partial charge < -0.3 is 14.6 Å². The van der Waals surface area contributed by atoms with Gasteiger partial charge in [0.05, 0.1) is 11.6 Å². The Morgan fingerprint density at radius 3 is 2.81 bits per heavy atom. The van der Waals surface area contributed by atoms with Crippen LogP contribution in [0.2, 0.25) is 5.02 Å². The van der Waals surface area contributed by atoms with Crippen LogP contribution in [0.5, 0.6) is 11.5 Å². The van der Waals surface area contributed by atoms with Crippen molar-refractivity contribution in [1.82, 2.24) is 0 Å². The minimum absolute atomic E-state index is 0.448. The number of benzene rings is 2. The third-order valence-electron chi connectivity index (χ3n) is 3.25. The van der Waals surface area contributed by atoms with E-state index >= 15 is 0 Å². The molecular formula is C16H12BrClO3. The first-order valence-corrected chi connectivity index (χ1v) is 7.46. The highest BCUT2D eigenvalue weighted by molar-refractivity contribution is 9.10. The van der Waals surface area contributed by atoms with Crippen molar-refractivity contribution in [1.29, 1.82) is 0 Å². The Balaban J connectivity index is 2.05. The Kier molecular flexibility index (Phi) is 3.93. The van der Waals surface area contributed by atoms with Gasteiger partial charge in [-0.05, 0) is 40.2 Å². The quantitative estimate of drug-likeness (QED) is 0.844. The molecule has 0 radical (unpaired) electrons. The molecule has 0 saturated heterocycles. The van der Waals surface area contributed by atoms with Crippen molar-refractivity contribution < 1.29 is 14.6 Å². The molecule has 1 N–H and O–H groups in total. The molecule has 5 heteroatoms. The van der Waals surface area contributed by atoms with Crippen LogP contribution in [0.4, 0.5) is 0 Å². The molecule has 21 heavy (non-hydrogen) atoms. The van der Waals surface area contributed by atoms with Gasteiger partial charge in [-0.15, -0.1) is 0 Å². The van der Waals surface area contributed by atoms with Crippen molar-refractivity contribution >= 4 is 33.6 Å². The number of hydrogen-bond acceptors (Lipinski definition) is 3. The largest absolute Gasteiger partial charge is 0.495 e. The number of fused-ring (bicyclic) bond motifs is 1. The second kappa shape index (κ2) is 5.72. The summed E-state index contributed by atoms with van der Waals surface area (Å²) in [5.41, 5.74) is 1.49. The van der Waals surface area contributed by atoms with Crippen LogP contribution >= 0.6 is 27.5 Å². The summed E-state index contributed by atoms with van der Waals surface area (Å²) in [6.45, 7) is 0. The first-order valence-electron chi connectivity index (χ1n) is 6.29. The lowest BCUT2D eigenvalue weighted by Crippen LogP contribution is -1.98. The maximum atomic E-state index is 10.3. The van der Waals surface area contributed by atoms with E-state index < -0.39 is 6.10 Å². The monoisotopic (exact) mass is 366 g/mol. The maximum Gasteiger partial charge on any atom is 0.140 e. The molecule has 2 aromatic carbocycles. The van der Waals surface area contributed by atoms with E-state index in [1.165, 1.54) is 0 Å². The highest BCUT2D eigenvalue weighted by Gasteiger charge is 2.27. The summed E-state index contributed by atoms with van der Waals surface area (Å²) in [5.74, 6) is 1.75. The van der Waals surface area contributed by atoms with Gasteiger partial charge in [0.15, 0.2) is 0 Å². The number of methoxy groups -OCH3 is 1. The molecule has 1 atom stereocenters. The summed E-state index contributed by atoms with van der Waals surface area (Å²) in [6, 6.07) is 10.9. The molecule has 0 saturated carbocycles. The summed E-state index contributed by atoms with van der Waals surface area (Å²) in [5, 5.41) is 10.9. The molecule has 3 rings (SSSR count). The first-order chi connectivity index (χ1) is 10.1. The fraction of sp³-hybridized carbons (Fsp3) is 0.125. The summed E-state index contributed by atoms with van der Waals surface area (Å²) in [6.07, 6.45) is 0.948. The summed E-state index contributed by atoms with van der Waals surface area (Å²) < 4.78 is 11.8. The highest BCUT2D eigenvalue weighted by Crippen LogP contribution is 2.41. The maximum absolute atomic E-state index is 10.3. The lowest BCUT2D eigenvalue weighted by molar-refractivity contribution is 0.193. The van der Waals surface area contributed by atoms with Crippen LogP contribution in [-0.4, -0.2) is 12.2 Å². The molecule has 0 fully saturated rings. The van der Waals surface area contributed by atoms with Crippen LogP contribution in [0.15, 0.2) is 46.6 Å². The van der Waals surface area contributed by atoms with Gasteiger partial charge in [0.25, 0.3) is 0 Å². The second-order valence-electron chi connectivity index (χ2n) is 4.60. The average Bonchev–Trinajstić information content (AvgIpc) is 2.76. The molecule has 0 aliphatic carbocycles. The van der Waals surface area contributed by atoms with E-state index in [9.17, 15) is 5.11 Å². The average molecular weight is 368 g/mol. The molecule has 108 valence electrons. The summed E-state index contributed by atoms with van der Waals surface area (Å²) in [4.78, 5) is 0. The first kappa shape index (κ1) is 14.4. The van der Waals surface area contributed by atoms with Crippen LogP contribution in [-0.2, 0) is 0 Å². The topological polar surface area (TPSA) is 38.7 Å². The Labute approximate surface area is 135 Å². The normalized spacial score (nSPS) is 18.5. The third kappa shape index (κ3) is 2.67. The molecule has 2 aromatic rings. The van der Waals surface area contributed by atoms with E-state index in [-0.39, 0.29) is 0 Å². The fourth-order valence-corrected chi connectivity index (χ4v) is 3.30. The minimum Gasteiger partial charge on any atom is -0.495 e. The van der Waals surface area contributed by atoms with Gasteiger partial charge in [-0.1, -0.05) is 29.8 Å². The molecule has 0 spiro atoms. The smallest absolute Gasteiger partial charge is 0.140 e. The molecule has 3 nitrogen and oxygen atoms in total. The highest BCUT2D eigenvalue weighted by atomic mass is 79.9. The molecule has 0 bridgehead atoms. The van der Waals surface area contributed by atoms with E-state index in [0.29, 0.717) is 22.3 Å². The lowest BCUT2D eigenvalue weighted by Gasteiger charge is -2.10. The molecule has 0 amide bonds. The number of rotatable bonds is 2. The van der Waals surface area contributed by atoms with E-state index in [2.05, 4.69) is 15.9 Å². The molecular weight excluding hydrogens is 356 g/mol. The third-order valence-corrected chi connectivity index (χ3v) is 4.06. The van der Waals surface area contributed by atoms with Gasteiger partial charge in [-0.3, -0.25) is 0 Å². The van der Waals surface area contributed by atoms with Gasteiger partial charge in [0, 0.05) is 16.1 Å². The molecule has 0 aromatic heterocycles. The van der Waals surface area contributed by atoms with Crippen molar-refractivity contribution in [3.63, 3.8) is 0 Å². The zero-order valence-electron chi connectivity index (χ0n) is 11.1. The van der Waals surface area contributed by atoms with Crippen molar-refractivity contribution in [2.45, 2.75) is 6.10 Å². The van der Waals surface area contributed by atoms with Crippen molar-refractivity contribution in [3.8, 4) is 11.5 Å². The number of halogens is 2. The molecule has 1 heterocycles. The second-order valence-corrected chi connectivity index (χ2v) is 5.89. The Hall–Kier alpha value is -1.49. The van der Waals surface area contributed by atoms with Gasteiger partial charge in [0.2, 0.25) is 0 Å². The fourth-order valence-electron chi connectivity index (χ4n) is 2.30. The van der Waals surface area contributed by atoms with E-state index in [4.69, 9.17) is 21.1 Å². The van der Waals surface area contributed by atoms with Crippen molar-refractivity contribution in [2.24, 2.45) is 0 Å². The molecule has 0 unspecified atom stereocenters. The van der Waals surface area contributed by atoms with Crippen LogP contribution < -0.4 is 9.47 Å². The molecule has 1 aliphatic rings. The Morgan fingerprint density at radius 2 is 2.10 bits per heavy atom. The van der Waals surface area contributed by atoms with Gasteiger partial charge in [-0.25, -0.2) is 0 Å². The Morgan fingerprint density at radius 1 is 1.33 bits per heavy atom. The predicted octanol–water partition coefficient (Wildman–Crippen LogP) is 4.58. The van der Waals surface area contributed by atoms with Crippen LogP contribution in [0.3, 0.4) is 0 Å². The van der Waals surface area contributed by atoms with Gasteiger partial charge in [-0.2, -0.15) is 0 Å². The van der Waals surface area contributed by atoms with Crippen molar-refractivity contribution in [2.75, 3.05) is 7.11 Å². The standard InChI is InChI=1S/C16H12BrClO3/c1-20-16-9(6-10(18)8-12(16)17)7-14-15(19)11-4-2-3-5-13(11)21-14/h2-8,15,19H,1H3/b14-7-/t15-/m1/s1. The van der Waals surface area contributed by atoms with Crippen LogP contribution in [0.1, 0.15) is 17.2 Å². The van der Waals surface area contributed by atoms with E-state index in [1.54, 1.807) is 25.3 Å². The SMILES string of the molecule is COc1c(Br)cc(Cl)cc1/C=C1\Oc2ccccc2[C@H]1O.